The van der Waals surface area contributed by atoms with Crippen LogP contribution >= 0.6 is 0 Å². The minimum absolute atomic E-state index is 0.158. The average Bonchev–Trinajstić information content (AvgIpc) is 2.74. The highest BCUT2D eigenvalue weighted by Gasteiger charge is 2.43. The van der Waals surface area contributed by atoms with E-state index in [-0.39, 0.29) is 18.4 Å². The van der Waals surface area contributed by atoms with Crippen molar-refractivity contribution < 1.29 is 14.1 Å². The summed E-state index contributed by atoms with van der Waals surface area (Å²) in [6.45, 7) is 5.18. The Morgan fingerprint density at radius 1 is 1.53 bits per heavy atom. The topological polar surface area (TPSA) is 88.3 Å². The van der Waals surface area contributed by atoms with Gasteiger partial charge in [-0.2, -0.15) is 4.98 Å². The summed E-state index contributed by atoms with van der Waals surface area (Å²) < 4.78 is 4.61. The maximum atomic E-state index is 12.2. The van der Waals surface area contributed by atoms with Gasteiger partial charge < -0.3 is 14.7 Å². The van der Waals surface area contributed by atoms with Gasteiger partial charge in [0.2, 0.25) is 18.2 Å². The molecule has 7 heteroatoms. The molecule has 1 atom stereocenters. The Kier molecular flexibility index (Phi) is 2.60. The normalized spacial score (nSPS) is 23.7. The van der Waals surface area contributed by atoms with E-state index in [1.54, 1.807) is 20.8 Å². The number of rotatable bonds is 2. The quantitative estimate of drug-likeness (QED) is 0.763. The highest BCUT2D eigenvalue weighted by atomic mass is 16.5. The molecule has 17 heavy (non-hydrogen) atoms. The van der Waals surface area contributed by atoms with Gasteiger partial charge in [0.15, 0.2) is 5.82 Å². The fourth-order valence-corrected chi connectivity index (χ4v) is 1.77. The van der Waals surface area contributed by atoms with Gasteiger partial charge in [-0.1, -0.05) is 5.16 Å². The molecule has 0 aliphatic carbocycles. The van der Waals surface area contributed by atoms with E-state index in [1.165, 1.54) is 11.3 Å². The molecule has 1 aliphatic heterocycles. The Hall–Kier alpha value is -1.92. The van der Waals surface area contributed by atoms with E-state index in [1.807, 2.05) is 0 Å². The molecule has 0 spiro atoms. The third-order valence-electron chi connectivity index (χ3n) is 2.80. The van der Waals surface area contributed by atoms with Crippen LogP contribution in [0, 0.1) is 0 Å². The van der Waals surface area contributed by atoms with E-state index < -0.39 is 11.6 Å². The molecule has 2 rings (SSSR count). The predicted molar refractivity (Wildman–Crippen MR) is 56.5 cm³/mol. The van der Waals surface area contributed by atoms with Crippen molar-refractivity contribution in [2.75, 3.05) is 0 Å². The summed E-state index contributed by atoms with van der Waals surface area (Å²) in [6, 6.07) is -0.533. The zero-order chi connectivity index (χ0) is 12.6. The summed E-state index contributed by atoms with van der Waals surface area (Å²) in [5, 5.41) is 6.31. The summed E-state index contributed by atoms with van der Waals surface area (Å²) in [5.41, 5.74) is -0.896. The molecule has 1 fully saturated rings. The molecular weight excluding hydrogens is 224 g/mol. The number of hydrogen-bond acceptors (Lipinski definition) is 5. The van der Waals surface area contributed by atoms with Crippen LogP contribution in [0.3, 0.4) is 0 Å². The second-order valence-corrected chi connectivity index (χ2v) is 4.57. The van der Waals surface area contributed by atoms with Crippen molar-refractivity contribution in [3.8, 4) is 0 Å². The first-order valence-corrected chi connectivity index (χ1v) is 5.30. The lowest BCUT2D eigenvalue weighted by Gasteiger charge is -2.40. The molecule has 1 N–H and O–H groups in total. The number of nitrogens with one attached hydrogen (secondary N) is 1. The molecule has 0 bridgehead atoms. The number of amides is 2. The first-order chi connectivity index (χ1) is 7.92. The molecule has 0 radical (unpaired) electrons. The maximum absolute atomic E-state index is 12.2. The van der Waals surface area contributed by atoms with Crippen molar-refractivity contribution in [3.63, 3.8) is 0 Å². The van der Waals surface area contributed by atoms with Gasteiger partial charge in [-0.15, -0.1) is 0 Å². The number of carbonyl (C=O) groups is 2. The zero-order valence-electron chi connectivity index (χ0n) is 9.93. The van der Waals surface area contributed by atoms with Gasteiger partial charge in [0.1, 0.15) is 11.6 Å². The van der Waals surface area contributed by atoms with Crippen LogP contribution in [0.1, 0.15) is 26.6 Å². The summed E-state index contributed by atoms with van der Waals surface area (Å²) in [7, 11) is 0. The first-order valence-electron chi connectivity index (χ1n) is 5.30. The Balaban J connectivity index is 2.23. The van der Waals surface area contributed by atoms with E-state index in [0.29, 0.717) is 5.82 Å². The lowest BCUT2D eigenvalue weighted by molar-refractivity contribution is -0.153. The SMILES string of the molecule is CC1C(=O)NC(C)(C)C(=O)N1Cc1ncon1. The van der Waals surface area contributed by atoms with Crippen molar-refractivity contribution in [2.24, 2.45) is 0 Å². The van der Waals surface area contributed by atoms with Gasteiger partial charge >= 0.3 is 0 Å². The average molecular weight is 238 g/mol. The standard InChI is InChI=1S/C10H14N4O3/c1-6-8(15)12-10(2,3)9(16)14(6)4-7-11-5-17-13-7/h5-6H,4H2,1-3H3,(H,12,15). The lowest BCUT2D eigenvalue weighted by Crippen LogP contribution is -2.67. The third-order valence-corrected chi connectivity index (χ3v) is 2.80. The Labute approximate surface area is 98.2 Å². The lowest BCUT2D eigenvalue weighted by atomic mass is 9.97. The van der Waals surface area contributed by atoms with Crippen molar-refractivity contribution in [1.82, 2.24) is 20.4 Å². The fourth-order valence-electron chi connectivity index (χ4n) is 1.77. The molecular formula is C10H14N4O3. The van der Waals surface area contributed by atoms with Gasteiger partial charge in [0, 0.05) is 0 Å². The smallest absolute Gasteiger partial charge is 0.248 e. The molecule has 1 aromatic rings. The summed E-state index contributed by atoms with van der Waals surface area (Å²) in [5.74, 6) is 0.0446. The van der Waals surface area contributed by atoms with Crippen LogP contribution in [0.25, 0.3) is 0 Å². The van der Waals surface area contributed by atoms with Crippen LogP contribution in [-0.4, -0.2) is 38.4 Å². The molecule has 1 unspecified atom stereocenters. The van der Waals surface area contributed by atoms with E-state index in [0.717, 1.165) is 0 Å². The van der Waals surface area contributed by atoms with Crippen LogP contribution in [0.5, 0.6) is 0 Å². The van der Waals surface area contributed by atoms with E-state index in [9.17, 15) is 9.59 Å². The molecule has 0 aromatic carbocycles. The molecule has 92 valence electrons. The largest absolute Gasteiger partial charge is 0.343 e. The van der Waals surface area contributed by atoms with Crippen molar-refractivity contribution in [2.45, 2.75) is 38.9 Å². The molecule has 1 aromatic heterocycles. The molecule has 1 aliphatic rings. The van der Waals surface area contributed by atoms with Crippen LogP contribution in [0.4, 0.5) is 0 Å². The Morgan fingerprint density at radius 2 is 2.24 bits per heavy atom. The first kappa shape index (κ1) is 11.6. The van der Waals surface area contributed by atoms with Gasteiger partial charge in [0.05, 0.1) is 6.54 Å². The number of nitrogens with zero attached hydrogens (tertiary/aromatic N) is 3. The number of carbonyl (C=O) groups excluding carboxylic acids is 2. The van der Waals surface area contributed by atoms with Gasteiger partial charge in [-0.05, 0) is 20.8 Å². The van der Waals surface area contributed by atoms with Crippen LogP contribution in [0.2, 0.25) is 0 Å². The molecule has 1 saturated heterocycles. The molecule has 2 amide bonds. The third kappa shape index (κ3) is 2.00. The summed E-state index contributed by atoms with van der Waals surface area (Å²) in [6.07, 6.45) is 1.19. The van der Waals surface area contributed by atoms with E-state index in [2.05, 4.69) is 20.0 Å². The number of piperazine rings is 1. The summed E-state index contributed by atoms with van der Waals surface area (Å²) >= 11 is 0. The van der Waals surface area contributed by atoms with Crippen molar-refractivity contribution in [3.05, 3.63) is 12.2 Å². The van der Waals surface area contributed by atoms with Crippen LogP contribution in [0.15, 0.2) is 10.9 Å². The van der Waals surface area contributed by atoms with Gasteiger partial charge in [-0.3, -0.25) is 9.59 Å². The second-order valence-electron chi connectivity index (χ2n) is 4.57. The highest BCUT2D eigenvalue weighted by molar-refractivity contribution is 5.98. The predicted octanol–water partition coefficient (Wildman–Crippen LogP) is -0.305. The number of aromatic nitrogens is 2. The molecule has 2 heterocycles. The van der Waals surface area contributed by atoms with Gasteiger partial charge in [-0.25, -0.2) is 0 Å². The minimum Gasteiger partial charge on any atom is -0.343 e. The van der Waals surface area contributed by atoms with Crippen LogP contribution in [-0.2, 0) is 16.1 Å². The second kappa shape index (κ2) is 3.83. The Morgan fingerprint density at radius 3 is 2.82 bits per heavy atom. The van der Waals surface area contributed by atoms with E-state index in [4.69, 9.17) is 0 Å². The summed E-state index contributed by atoms with van der Waals surface area (Å²) in [4.78, 5) is 29.2. The maximum Gasteiger partial charge on any atom is 0.248 e. The van der Waals surface area contributed by atoms with Gasteiger partial charge in [0.25, 0.3) is 0 Å². The van der Waals surface area contributed by atoms with Crippen molar-refractivity contribution >= 4 is 11.8 Å². The van der Waals surface area contributed by atoms with E-state index >= 15 is 0 Å². The minimum atomic E-state index is -0.896. The van der Waals surface area contributed by atoms with Crippen LogP contribution < -0.4 is 5.32 Å². The molecule has 0 saturated carbocycles. The fraction of sp³-hybridized carbons (Fsp3) is 0.600. The molecule has 7 nitrogen and oxygen atoms in total. The highest BCUT2D eigenvalue weighted by Crippen LogP contribution is 2.19. The zero-order valence-corrected chi connectivity index (χ0v) is 9.93. The number of hydrogen-bond donors (Lipinski definition) is 1. The Bertz CT molecular complexity index is 440. The van der Waals surface area contributed by atoms with Crippen molar-refractivity contribution in [1.29, 1.82) is 0 Å². The monoisotopic (exact) mass is 238 g/mol.